The van der Waals surface area contributed by atoms with E-state index in [-0.39, 0.29) is 5.91 Å². The molecule has 35 heavy (non-hydrogen) atoms. The molecule has 2 aromatic carbocycles. The van der Waals surface area contributed by atoms with Crippen LogP contribution in [0.4, 0.5) is 0 Å². The van der Waals surface area contributed by atoms with Gasteiger partial charge in [0.15, 0.2) is 5.65 Å². The molecule has 1 saturated heterocycles. The van der Waals surface area contributed by atoms with E-state index in [1.165, 1.54) is 31.5 Å². The molecule has 8 heteroatoms. The minimum absolute atomic E-state index is 0.152. The van der Waals surface area contributed by atoms with E-state index in [4.69, 9.17) is 4.98 Å². The van der Waals surface area contributed by atoms with Gasteiger partial charge in [-0.2, -0.15) is 0 Å². The van der Waals surface area contributed by atoms with E-state index >= 15 is 0 Å². The highest BCUT2D eigenvalue weighted by molar-refractivity contribution is 7.99. The summed E-state index contributed by atoms with van der Waals surface area (Å²) in [5.74, 6) is 1.02. The first kappa shape index (κ1) is 23.8. The molecular weight excluding hydrogens is 456 g/mol. The summed E-state index contributed by atoms with van der Waals surface area (Å²) < 4.78 is 2.23. The molecule has 1 aliphatic rings. The molecule has 0 saturated carbocycles. The van der Waals surface area contributed by atoms with Gasteiger partial charge >= 0.3 is 0 Å². The Labute approximate surface area is 210 Å². The van der Waals surface area contributed by atoms with Crippen molar-refractivity contribution in [2.45, 2.75) is 43.8 Å². The van der Waals surface area contributed by atoms with E-state index in [1.807, 2.05) is 18.2 Å². The minimum Gasteiger partial charge on any atom is -0.355 e. The number of para-hydroxylation sites is 1. The number of carbonyl (C=O) groups excluding carboxylic acids is 1. The number of rotatable bonds is 11. The molecule has 3 heterocycles. The average Bonchev–Trinajstić information content (AvgIpc) is 3.51. The number of likely N-dealkylation sites (tertiary alicyclic amines) is 1. The third kappa shape index (κ3) is 6.00. The third-order valence-corrected chi connectivity index (χ3v) is 7.44. The lowest BCUT2D eigenvalue weighted by Crippen LogP contribution is -2.33. The molecule has 2 aromatic heterocycles. The molecule has 7 nitrogen and oxygen atoms in total. The number of unbranched alkanes of at least 4 members (excludes halogenated alkanes) is 1. The first-order valence-corrected chi connectivity index (χ1v) is 13.5. The summed E-state index contributed by atoms with van der Waals surface area (Å²) in [7, 11) is 0. The second kappa shape index (κ2) is 11.6. The summed E-state index contributed by atoms with van der Waals surface area (Å²) >= 11 is 1.61. The Balaban J connectivity index is 1.16. The van der Waals surface area contributed by atoms with E-state index in [9.17, 15) is 4.79 Å². The average molecular weight is 489 g/mol. The summed E-state index contributed by atoms with van der Waals surface area (Å²) in [5.41, 5.74) is 4.05. The zero-order chi connectivity index (χ0) is 23.9. The van der Waals surface area contributed by atoms with Gasteiger partial charge in [-0.3, -0.25) is 4.79 Å². The Morgan fingerprint density at radius 1 is 0.971 bits per heavy atom. The monoisotopic (exact) mass is 488 g/mol. The van der Waals surface area contributed by atoms with Crippen LogP contribution in [0.5, 0.6) is 0 Å². The summed E-state index contributed by atoms with van der Waals surface area (Å²) in [4.78, 5) is 19.4. The van der Waals surface area contributed by atoms with E-state index in [1.54, 1.807) is 11.8 Å². The molecule has 0 atom stereocenters. The zero-order valence-corrected chi connectivity index (χ0v) is 20.8. The van der Waals surface area contributed by atoms with Crippen molar-refractivity contribution in [2.75, 3.05) is 31.9 Å². The van der Waals surface area contributed by atoms with Gasteiger partial charge in [-0.05, 0) is 50.4 Å². The quantitative estimate of drug-likeness (QED) is 0.247. The number of amides is 1. The molecule has 4 aromatic rings. The second-order valence-corrected chi connectivity index (χ2v) is 10.1. The molecule has 0 aliphatic carbocycles. The fourth-order valence-electron chi connectivity index (χ4n) is 4.68. The maximum absolute atomic E-state index is 12.1. The van der Waals surface area contributed by atoms with E-state index < -0.39 is 0 Å². The van der Waals surface area contributed by atoms with Crippen molar-refractivity contribution >= 4 is 39.7 Å². The van der Waals surface area contributed by atoms with E-state index in [0.29, 0.717) is 11.6 Å². The number of nitrogens with zero attached hydrogens (tertiary/aromatic N) is 5. The van der Waals surface area contributed by atoms with Crippen molar-refractivity contribution in [2.24, 2.45) is 0 Å². The van der Waals surface area contributed by atoms with Crippen LogP contribution in [0, 0.1) is 0 Å². The fraction of sp³-hybridized carbons (Fsp3) is 0.407. The molecule has 1 amide bonds. The van der Waals surface area contributed by atoms with Gasteiger partial charge in [-0.15, -0.1) is 10.2 Å². The maximum Gasteiger partial charge on any atom is 0.220 e. The number of hydrogen-bond acceptors (Lipinski definition) is 6. The number of carbonyl (C=O) groups is 1. The van der Waals surface area contributed by atoms with Gasteiger partial charge in [0.25, 0.3) is 0 Å². The Bertz CT molecular complexity index is 1270. The number of hydrogen-bond donors (Lipinski definition) is 1. The second-order valence-electron chi connectivity index (χ2n) is 9.06. The zero-order valence-electron chi connectivity index (χ0n) is 20.0. The lowest BCUT2D eigenvalue weighted by Gasteiger charge is -2.14. The third-order valence-electron chi connectivity index (χ3n) is 6.52. The van der Waals surface area contributed by atoms with Gasteiger partial charge < -0.3 is 14.8 Å². The van der Waals surface area contributed by atoms with Crippen LogP contribution in [0.25, 0.3) is 22.1 Å². The number of nitrogens with one attached hydrogen (secondary N) is 1. The summed E-state index contributed by atoms with van der Waals surface area (Å²) in [5, 5.41) is 13.7. The SMILES string of the molecule is O=C(CCCCSc1nnc2c3ccccc3n(Cc3ccccc3)c2n1)NCCN1CCCC1. The fourth-order valence-corrected chi connectivity index (χ4v) is 5.46. The number of aromatic nitrogens is 4. The predicted octanol–water partition coefficient (Wildman–Crippen LogP) is 4.50. The molecule has 0 radical (unpaired) electrons. The van der Waals surface area contributed by atoms with Crippen molar-refractivity contribution in [1.82, 2.24) is 30.0 Å². The smallest absolute Gasteiger partial charge is 0.220 e. The Kier molecular flexibility index (Phi) is 7.90. The number of fused-ring (bicyclic) bond motifs is 3. The first-order valence-electron chi connectivity index (χ1n) is 12.6. The molecular formula is C27H32N6OS. The molecule has 0 unspecified atom stereocenters. The first-order chi connectivity index (χ1) is 17.3. The number of benzene rings is 2. The Hall–Kier alpha value is -2.97. The van der Waals surface area contributed by atoms with Gasteiger partial charge in [-0.1, -0.05) is 60.3 Å². The van der Waals surface area contributed by atoms with Gasteiger partial charge in [0, 0.05) is 37.2 Å². The van der Waals surface area contributed by atoms with Crippen LogP contribution >= 0.6 is 11.8 Å². The molecule has 0 spiro atoms. The highest BCUT2D eigenvalue weighted by Crippen LogP contribution is 2.28. The molecule has 5 rings (SSSR count). The normalized spacial score (nSPS) is 14.2. The lowest BCUT2D eigenvalue weighted by molar-refractivity contribution is -0.121. The van der Waals surface area contributed by atoms with Gasteiger partial charge in [-0.25, -0.2) is 4.98 Å². The van der Waals surface area contributed by atoms with Crippen LogP contribution in [0.1, 0.15) is 37.7 Å². The minimum atomic E-state index is 0.152. The maximum atomic E-state index is 12.1. The topological polar surface area (TPSA) is 75.9 Å². The molecule has 0 bridgehead atoms. The van der Waals surface area contributed by atoms with Gasteiger partial charge in [0.1, 0.15) is 5.52 Å². The largest absolute Gasteiger partial charge is 0.355 e. The standard InChI is InChI=1S/C27H32N6OS/c34-24(28-15-18-32-16-7-8-17-32)14-6-9-19-35-27-29-26-25(30-31-27)22-12-4-5-13-23(22)33(26)20-21-10-2-1-3-11-21/h1-5,10-13H,6-9,14-20H2,(H,28,34). The van der Waals surface area contributed by atoms with Crippen LogP contribution in [-0.2, 0) is 11.3 Å². The van der Waals surface area contributed by atoms with Crippen LogP contribution in [0.3, 0.4) is 0 Å². The molecule has 1 aliphatic heterocycles. The van der Waals surface area contributed by atoms with E-state index in [0.717, 1.165) is 60.3 Å². The highest BCUT2D eigenvalue weighted by Gasteiger charge is 2.15. The molecule has 1 N–H and O–H groups in total. The van der Waals surface area contributed by atoms with Gasteiger partial charge in [0.2, 0.25) is 11.1 Å². The van der Waals surface area contributed by atoms with Crippen LogP contribution in [0.2, 0.25) is 0 Å². The Morgan fingerprint density at radius 2 is 1.77 bits per heavy atom. The van der Waals surface area contributed by atoms with Crippen LogP contribution in [-0.4, -0.2) is 62.5 Å². The Morgan fingerprint density at radius 3 is 2.63 bits per heavy atom. The molecule has 182 valence electrons. The van der Waals surface area contributed by atoms with Crippen molar-refractivity contribution in [3.8, 4) is 0 Å². The highest BCUT2D eigenvalue weighted by atomic mass is 32.2. The van der Waals surface area contributed by atoms with Crippen molar-refractivity contribution in [3.05, 3.63) is 60.2 Å². The summed E-state index contributed by atoms with van der Waals surface area (Å²) in [6.45, 7) is 4.80. The number of thioether (sulfide) groups is 1. The lowest BCUT2D eigenvalue weighted by atomic mass is 10.2. The van der Waals surface area contributed by atoms with Crippen molar-refractivity contribution in [3.63, 3.8) is 0 Å². The van der Waals surface area contributed by atoms with E-state index in [2.05, 4.69) is 61.4 Å². The van der Waals surface area contributed by atoms with Crippen LogP contribution in [0.15, 0.2) is 59.8 Å². The summed E-state index contributed by atoms with van der Waals surface area (Å²) in [6, 6.07) is 18.7. The summed E-state index contributed by atoms with van der Waals surface area (Å²) in [6.07, 6.45) is 4.95. The van der Waals surface area contributed by atoms with Crippen LogP contribution < -0.4 is 5.32 Å². The molecule has 1 fully saturated rings. The predicted molar refractivity (Wildman–Crippen MR) is 142 cm³/mol. The van der Waals surface area contributed by atoms with Crippen molar-refractivity contribution < 1.29 is 4.79 Å². The van der Waals surface area contributed by atoms with Crippen molar-refractivity contribution in [1.29, 1.82) is 0 Å². The van der Waals surface area contributed by atoms with Gasteiger partial charge in [0.05, 0.1) is 5.52 Å².